The van der Waals surface area contributed by atoms with Crippen molar-refractivity contribution in [3.63, 3.8) is 0 Å². The quantitative estimate of drug-likeness (QED) is 0.681. The summed E-state index contributed by atoms with van der Waals surface area (Å²) in [4.78, 5) is 10.8. The van der Waals surface area contributed by atoms with E-state index in [0.29, 0.717) is 5.56 Å². The molecule has 3 rings (SSSR count). The van der Waals surface area contributed by atoms with Crippen LogP contribution in [0.5, 0.6) is 0 Å². The lowest BCUT2D eigenvalue weighted by molar-refractivity contribution is -0.144. The van der Waals surface area contributed by atoms with Gasteiger partial charge in [0.15, 0.2) is 0 Å². The topological polar surface area (TPSA) is 43.6 Å². The van der Waals surface area contributed by atoms with Gasteiger partial charge in [-0.05, 0) is 24.3 Å². The standard InChI is InChI=1S/C14H8F4N4/c15-10-3-1-9(2-4-10)11-7-12(22-6-5-19-8-22)21-13(20-11)14(16,17)18/h1-8H. The highest BCUT2D eigenvalue weighted by Gasteiger charge is 2.35. The number of rotatable bonds is 2. The molecular weight excluding hydrogens is 300 g/mol. The van der Waals surface area contributed by atoms with Crippen LogP contribution in [0.3, 0.4) is 0 Å². The lowest BCUT2D eigenvalue weighted by atomic mass is 10.1. The summed E-state index contributed by atoms with van der Waals surface area (Å²) in [5.74, 6) is -1.72. The van der Waals surface area contributed by atoms with Gasteiger partial charge in [-0.3, -0.25) is 4.57 Å². The van der Waals surface area contributed by atoms with Crippen LogP contribution in [0.15, 0.2) is 49.1 Å². The molecule has 4 nitrogen and oxygen atoms in total. The molecule has 2 heterocycles. The zero-order chi connectivity index (χ0) is 15.7. The first-order valence-corrected chi connectivity index (χ1v) is 6.14. The molecule has 0 N–H and O–H groups in total. The molecule has 112 valence electrons. The summed E-state index contributed by atoms with van der Waals surface area (Å²) >= 11 is 0. The highest BCUT2D eigenvalue weighted by Crippen LogP contribution is 2.29. The number of halogens is 4. The summed E-state index contributed by atoms with van der Waals surface area (Å²) in [6, 6.07) is 6.40. The van der Waals surface area contributed by atoms with Crippen LogP contribution in [-0.4, -0.2) is 19.5 Å². The second kappa shape index (κ2) is 5.21. The number of nitrogens with zero attached hydrogens (tertiary/aromatic N) is 4. The lowest BCUT2D eigenvalue weighted by Gasteiger charge is -2.10. The molecule has 0 aliphatic carbocycles. The van der Waals surface area contributed by atoms with Crippen molar-refractivity contribution in [2.24, 2.45) is 0 Å². The van der Waals surface area contributed by atoms with Crippen LogP contribution < -0.4 is 0 Å². The van der Waals surface area contributed by atoms with E-state index in [2.05, 4.69) is 15.0 Å². The van der Waals surface area contributed by atoms with Crippen LogP contribution in [-0.2, 0) is 6.18 Å². The fraction of sp³-hybridized carbons (Fsp3) is 0.0714. The summed E-state index contributed by atoms with van der Waals surface area (Å²) in [6.07, 6.45) is -0.466. The van der Waals surface area contributed by atoms with Gasteiger partial charge in [0.2, 0.25) is 5.82 Å². The fourth-order valence-electron chi connectivity index (χ4n) is 1.86. The first kappa shape index (κ1) is 14.2. The predicted octanol–water partition coefficient (Wildman–Crippen LogP) is 3.49. The van der Waals surface area contributed by atoms with Gasteiger partial charge in [0.05, 0.1) is 5.69 Å². The van der Waals surface area contributed by atoms with Gasteiger partial charge in [0, 0.05) is 24.0 Å². The van der Waals surface area contributed by atoms with Gasteiger partial charge in [-0.15, -0.1) is 0 Å². The Hall–Kier alpha value is -2.77. The molecule has 0 fully saturated rings. The van der Waals surface area contributed by atoms with Crippen molar-refractivity contribution < 1.29 is 17.6 Å². The maximum absolute atomic E-state index is 13.0. The van der Waals surface area contributed by atoms with Gasteiger partial charge < -0.3 is 0 Å². The molecule has 0 amide bonds. The summed E-state index contributed by atoms with van der Waals surface area (Å²) in [5.41, 5.74) is 0.404. The van der Waals surface area contributed by atoms with E-state index in [1.165, 1.54) is 41.5 Å². The smallest absolute Gasteiger partial charge is 0.290 e. The zero-order valence-electron chi connectivity index (χ0n) is 10.9. The van der Waals surface area contributed by atoms with E-state index in [1.807, 2.05) is 0 Å². The molecule has 0 atom stereocenters. The van der Waals surface area contributed by atoms with Crippen molar-refractivity contribution in [2.45, 2.75) is 6.18 Å². The number of hydrogen-bond acceptors (Lipinski definition) is 3. The molecule has 3 aromatic rings. The molecule has 0 saturated carbocycles. The van der Waals surface area contributed by atoms with Crippen LogP contribution in [0, 0.1) is 5.82 Å². The molecule has 22 heavy (non-hydrogen) atoms. The van der Waals surface area contributed by atoms with E-state index in [-0.39, 0.29) is 11.5 Å². The average Bonchev–Trinajstić information content (AvgIpc) is 3.01. The Morgan fingerprint density at radius 2 is 1.73 bits per heavy atom. The highest BCUT2D eigenvalue weighted by molar-refractivity contribution is 5.60. The van der Waals surface area contributed by atoms with Gasteiger partial charge in [-0.2, -0.15) is 13.2 Å². The van der Waals surface area contributed by atoms with Crippen LogP contribution >= 0.6 is 0 Å². The fourth-order valence-corrected chi connectivity index (χ4v) is 1.86. The molecule has 1 aromatic carbocycles. The second-order valence-electron chi connectivity index (χ2n) is 4.41. The lowest BCUT2D eigenvalue weighted by Crippen LogP contribution is -2.13. The summed E-state index contributed by atoms with van der Waals surface area (Å²) in [6.45, 7) is 0. The van der Waals surface area contributed by atoms with Crippen molar-refractivity contribution >= 4 is 0 Å². The molecule has 8 heteroatoms. The van der Waals surface area contributed by atoms with Crippen LogP contribution in [0.2, 0.25) is 0 Å². The van der Waals surface area contributed by atoms with Gasteiger partial charge in [-0.25, -0.2) is 19.3 Å². The van der Waals surface area contributed by atoms with Crippen LogP contribution in [0.4, 0.5) is 17.6 Å². The van der Waals surface area contributed by atoms with Gasteiger partial charge >= 0.3 is 6.18 Å². The van der Waals surface area contributed by atoms with E-state index in [4.69, 9.17) is 0 Å². The van der Waals surface area contributed by atoms with Crippen molar-refractivity contribution in [3.8, 4) is 17.1 Å². The normalized spacial score (nSPS) is 11.6. The third-order valence-corrected chi connectivity index (χ3v) is 2.88. The maximum Gasteiger partial charge on any atom is 0.451 e. The largest absolute Gasteiger partial charge is 0.451 e. The Kier molecular flexibility index (Phi) is 3.36. The van der Waals surface area contributed by atoms with Crippen LogP contribution in [0.25, 0.3) is 17.1 Å². The first-order chi connectivity index (χ1) is 10.4. The number of hydrogen-bond donors (Lipinski definition) is 0. The monoisotopic (exact) mass is 308 g/mol. The SMILES string of the molecule is Fc1ccc(-c2cc(-n3ccnc3)nc(C(F)(F)F)n2)cc1. The average molecular weight is 308 g/mol. The van der Waals surface area contributed by atoms with Crippen molar-refractivity contribution in [1.82, 2.24) is 19.5 Å². The van der Waals surface area contributed by atoms with E-state index in [1.54, 1.807) is 0 Å². The van der Waals surface area contributed by atoms with E-state index < -0.39 is 17.8 Å². The molecule has 0 aliphatic rings. The molecule has 0 saturated heterocycles. The summed E-state index contributed by atoms with van der Waals surface area (Å²) in [7, 11) is 0. The molecular formula is C14H8F4N4. The molecule has 0 spiro atoms. The van der Waals surface area contributed by atoms with Gasteiger partial charge in [-0.1, -0.05) is 0 Å². The number of benzene rings is 1. The second-order valence-corrected chi connectivity index (χ2v) is 4.41. The summed E-state index contributed by atoms with van der Waals surface area (Å²) in [5, 5.41) is 0. The Labute approximate surface area is 122 Å². The van der Waals surface area contributed by atoms with Gasteiger partial charge in [0.25, 0.3) is 0 Å². The Bertz CT molecular complexity index is 780. The molecule has 0 bridgehead atoms. The van der Waals surface area contributed by atoms with E-state index in [0.717, 1.165) is 12.1 Å². The van der Waals surface area contributed by atoms with Crippen LogP contribution in [0.1, 0.15) is 5.82 Å². The number of alkyl halides is 3. The Morgan fingerprint density at radius 3 is 2.32 bits per heavy atom. The highest BCUT2D eigenvalue weighted by atomic mass is 19.4. The Morgan fingerprint density at radius 1 is 1.00 bits per heavy atom. The third kappa shape index (κ3) is 2.80. The van der Waals surface area contributed by atoms with Gasteiger partial charge in [0.1, 0.15) is 18.0 Å². The van der Waals surface area contributed by atoms with Crippen molar-refractivity contribution in [2.75, 3.05) is 0 Å². The molecule has 0 unspecified atom stereocenters. The summed E-state index contributed by atoms with van der Waals surface area (Å²) < 4.78 is 53.2. The minimum atomic E-state index is -4.69. The minimum absolute atomic E-state index is 0.0270. The maximum atomic E-state index is 13.0. The van der Waals surface area contributed by atoms with E-state index in [9.17, 15) is 17.6 Å². The molecule has 0 radical (unpaired) electrons. The minimum Gasteiger partial charge on any atom is -0.290 e. The number of imidazole rings is 1. The van der Waals surface area contributed by atoms with E-state index >= 15 is 0 Å². The zero-order valence-corrected chi connectivity index (χ0v) is 10.9. The van der Waals surface area contributed by atoms with Crippen molar-refractivity contribution in [3.05, 3.63) is 60.7 Å². The molecule has 0 aliphatic heterocycles. The van der Waals surface area contributed by atoms with Crippen molar-refractivity contribution in [1.29, 1.82) is 0 Å². The Balaban J connectivity index is 2.17. The first-order valence-electron chi connectivity index (χ1n) is 6.14. The predicted molar refractivity (Wildman–Crippen MR) is 69.6 cm³/mol. The molecule has 2 aromatic heterocycles. The third-order valence-electron chi connectivity index (χ3n) is 2.88. The number of aromatic nitrogens is 4.